The van der Waals surface area contributed by atoms with E-state index in [1.54, 1.807) is 0 Å². The lowest BCUT2D eigenvalue weighted by Gasteiger charge is -2.01. The van der Waals surface area contributed by atoms with Gasteiger partial charge in [-0.15, -0.1) is 0 Å². The fourth-order valence-electron chi connectivity index (χ4n) is 0.745. The van der Waals surface area contributed by atoms with Gasteiger partial charge in [0.1, 0.15) is 0 Å². The summed E-state index contributed by atoms with van der Waals surface area (Å²) in [6.45, 7) is 2.07. The van der Waals surface area contributed by atoms with Crippen molar-refractivity contribution in [2.45, 2.75) is 32.6 Å². The van der Waals surface area contributed by atoms with Crippen molar-refractivity contribution in [3.8, 4) is 0 Å². The number of hydrogen-bond acceptors (Lipinski definition) is 3. The van der Waals surface area contributed by atoms with Gasteiger partial charge in [0.2, 0.25) is 0 Å². The molecule has 0 aliphatic heterocycles. The van der Waals surface area contributed by atoms with E-state index in [9.17, 15) is 4.57 Å². The van der Waals surface area contributed by atoms with Crippen LogP contribution in [0.5, 0.6) is 0 Å². The van der Waals surface area contributed by atoms with Gasteiger partial charge in [-0.25, -0.2) is 0 Å². The van der Waals surface area contributed by atoms with Crippen molar-refractivity contribution in [1.29, 1.82) is 0 Å². The Kier molecular flexibility index (Phi) is 13.7. The Morgan fingerprint density at radius 3 is 1.92 bits per heavy atom. The molecule has 6 heteroatoms. The molecule has 0 unspecified atom stereocenters. The fraction of sp³-hybridized carbons (Fsp3) is 1.00. The van der Waals surface area contributed by atoms with Gasteiger partial charge in [-0.2, -0.15) is 0 Å². The van der Waals surface area contributed by atoms with Crippen molar-refractivity contribution in [2.24, 2.45) is 0 Å². The van der Waals surface area contributed by atoms with Gasteiger partial charge in [-0.05, 0) is 6.42 Å². The standard InChI is InChI=1S/C6H15O3P.2H3N/c1-2-3-4-5-6-10(7,8)9;;/h2-6H2,1H3,(H2,7,8,9);2*1H3. The average molecular weight is 200 g/mol. The smallest absolute Gasteiger partial charge is 0.325 e. The van der Waals surface area contributed by atoms with Crippen LogP contribution in [0, 0.1) is 0 Å². The molecular formula is C6H21N2O3P. The molecule has 0 atom stereocenters. The highest BCUT2D eigenvalue weighted by molar-refractivity contribution is 7.51. The average Bonchev–Trinajstić information content (AvgIpc) is 1.78. The van der Waals surface area contributed by atoms with E-state index in [1.807, 2.05) is 0 Å². The van der Waals surface area contributed by atoms with Gasteiger partial charge in [0.15, 0.2) is 0 Å². The molecule has 0 radical (unpaired) electrons. The molecule has 0 aromatic rings. The summed E-state index contributed by atoms with van der Waals surface area (Å²) in [5, 5.41) is 0. The van der Waals surface area contributed by atoms with E-state index >= 15 is 0 Å². The predicted molar refractivity (Wildman–Crippen MR) is 51.1 cm³/mol. The van der Waals surface area contributed by atoms with E-state index < -0.39 is 7.60 Å². The van der Waals surface area contributed by atoms with Crippen LogP contribution in [-0.2, 0) is 4.57 Å². The Balaban J connectivity index is -0.000000405. The van der Waals surface area contributed by atoms with Crippen LogP contribution in [0.25, 0.3) is 0 Å². The Hall–Kier alpha value is 0.0700. The van der Waals surface area contributed by atoms with Crippen molar-refractivity contribution >= 4 is 7.60 Å². The second kappa shape index (κ2) is 9.16. The second-order valence-corrected chi connectivity index (χ2v) is 4.23. The van der Waals surface area contributed by atoms with Crippen molar-refractivity contribution in [1.82, 2.24) is 12.3 Å². The molecule has 0 aromatic carbocycles. The Bertz CT molecular complexity index is 126. The SMILES string of the molecule is CCCCCCP(=O)(O)O.N.N. The zero-order valence-electron chi connectivity index (χ0n) is 7.70. The van der Waals surface area contributed by atoms with E-state index in [0.717, 1.165) is 19.3 Å². The van der Waals surface area contributed by atoms with Crippen LogP contribution in [0.3, 0.4) is 0 Å². The second-order valence-electron chi connectivity index (χ2n) is 2.45. The summed E-state index contributed by atoms with van der Waals surface area (Å²) >= 11 is 0. The first-order valence-electron chi connectivity index (χ1n) is 3.61. The van der Waals surface area contributed by atoms with Gasteiger partial charge in [0.05, 0.1) is 0 Å². The molecule has 12 heavy (non-hydrogen) atoms. The quantitative estimate of drug-likeness (QED) is 0.399. The molecule has 78 valence electrons. The van der Waals surface area contributed by atoms with Crippen LogP contribution >= 0.6 is 7.60 Å². The third-order valence-electron chi connectivity index (χ3n) is 1.30. The minimum Gasteiger partial charge on any atom is -0.344 e. The van der Waals surface area contributed by atoms with Crippen molar-refractivity contribution < 1.29 is 14.4 Å². The lowest BCUT2D eigenvalue weighted by atomic mass is 10.2. The van der Waals surface area contributed by atoms with Crippen LogP contribution < -0.4 is 12.3 Å². The van der Waals surface area contributed by atoms with Crippen molar-refractivity contribution in [3.05, 3.63) is 0 Å². The van der Waals surface area contributed by atoms with Crippen LogP contribution in [0.1, 0.15) is 32.6 Å². The third kappa shape index (κ3) is 16.6. The summed E-state index contributed by atoms with van der Waals surface area (Å²) in [4.78, 5) is 16.9. The van der Waals surface area contributed by atoms with Gasteiger partial charge in [-0.3, -0.25) is 4.57 Å². The Labute approximate surface area is 73.9 Å². The van der Waals surface area contributed by atoms with Crippen LogP contribution in [-0.4, -0.2) is 15.9 Å². The number of unbranched alkanes of at least 4 members (excludes halogenated alkanes) is 3. The zero-order valence-corrected chi connectivity index (χ0v) is 8.59. The topological polar surface area (TPSA) is 128 Å². The van der Waals surface area contributed by atoms with Gasteiger partial charge >= 0.3 is 7.60 Å². The highest BCUT2D eigenvalue weighted by Crippen LogP contribution is 2.35. The molecule has 0 aliphatic rings. The monoisotopic (exact) mass is 200 g/mol. The minimum atomic E-state index is -3.71. The third-order valence-corrected chi connectivity index (χ3v) is 2.20. The molecule has 0 rings (SSSR count). The summed E-state index contributed by atoms with van der Waals surface area (Å²) < 4.78 is 10.3. The largest absolute Gasteiger partial charge is 0.344 e. The van der Waals surface area contributed by atoms with Crippen LogP contribution in [0.4, 0.5) is 0 Å². The highest BCUT2D eigenvalue weighted by Gasteiger charge is 2.10. The van der Waals surface area contributed by atoms with Crippen LogP contribution in [0.15, 0.2) is 0 Å². The van der Waals surface area contributed by atoms with Crippen molar-refractivity contribution in [2.75, 3.05) is 6.16 Å². The van der Waals surface area contributed by atoms with E-state index in [0.29, 0.717) is 6.42 Å². The molecule has 0 heterocycles. The van der Waals surface area contributed by atoms with Crippen molar-refractivity contribution in [3.63, 3.8) is 0 Å². The fourth-order valence-corrected chi connectivity index (χ4v) is 1.38. The van der Waals surface area contributed by atoms with E-state index in [4.69, 9.17) is 9.79 Å². The Morgan fingerprint density at radius 1 is 1.08 bits per heavy atom. The first-order valence-corrected chi connectivity index (χ1v) is 5.40. The van der Waals surface area contributed by atoms with Gasteiger partial charge in [0, 0.05) is 6.16 Å². The van der Waals surface area contributed by atoms with E-state index in [-0.39, 0.29) is 18.5 Å². The van der Waals surface area contributed by atoms with Gasteiger partial charge in [0.25, 0.3) is 0 Å². The molecule has 0 saturated carbocycles. The summed E-state index contributed by atoms with van der Waals surface area (Å²) in [7, 11) is -3.71. The maximum Gasteiger partial charge on any atom is 0.325 e. The number of rotatable bonds is 5. The molecule has 0 aliphatic carbocycles. The molecule has 8 N–H and O–H groups in total. The summed E-state index contributed by atoms with van der Waals surface area (Å²) in [5.74, 6) is 0. The summed E-state index contributed by atoms with van der Waals surface area (Å²) in [6, 6.07) is 0. The number of hydrogen-bond donors (Lipinski definition) is 4. The predicted octanol–water partition coefficient (Wildman–Crippen LogP) is 2.07. The molecule has 5 nitrogen and oxygen atoms in total. The molecule has 0 aromatic heterocycles. The molecule has 0 amide bonds. The zero-order chi connectivity index (χ0) is 8.04. The maximum absolute atomic E-state index is 10.3. The molecular weight excluding hydrogens is 179 g/mol. The van der Waals surface area contributed by atoms with Crippen LogP contribution in [0.2, 0.25) is 0 Å². The summed E-state index contributed by atoms with van der Waals surface area (Å²) in [6.07, 6.45) is 3.80. The minimum absolute atomic E-state index is 0. The lowest BCUT2D eigenvalue weighted by molar-refractivity contribution is 0.371. The first-order chi connectivity index (χ1) is 4.56. The normalized spacial score (nSPS) is 9.92. The van der Waals surface area contributed by atoms with E-state index in [2.05, 4.69) is 6.92 Å². The first kappa shape index (κ1) is 18.0. The van der Waals surface area contributed by atoms with Gasteiger partial charge in [-0.1, -0.05) is 26.2 Å². The molecule has 0 spiro atoms. The molecule has 0 fully saturated rings. The molecule has 0 saturated heterocycles. The molecule has 0 bridgehead atoms. The lowest BCUT2D eigenvalue weighted by Crippen LogP contribution is -1.87. The Morgan fingerprint density at radius 2 is 1.58 bits per heavy atom. The summed E-state index contributed by atoms with van der Waals surface area (Å²) in [5.41, 5.74) is 0. The van der Waals surface area contributed by atoms with Gasteiger partial charge < -0.3 is 22.1 Å². The highest BCUT2D eigenvalue weighted by atomic mass is 31.2. The maximum atomic E-state index is 10.3. The van der Waals surface area contributed by atoms with E-state index in [1.165, 1.54) is 0 Å².